The summed E-state index contributed by atoms with van der Waals surface area (Å²) < 4.78 is 24.2. The number of nitrogens with one attached hydrogen (secondary N) is 2. The molecule has 3 heterocycles. The smallest absolute Gasteiger partial charge is 0.251 e. The van der Waals surface area contributed by atoms with Crippen LogP contribution < -0.4 is 10.2 Å². The van der Waals surface area contributed by atoms with Crippen LogP contribution in [0, 0.1) is 5.41 Å². The van der Waals surface area contributed by atoms with Gasteiger partial charge in [0, 0.05) is 17.3 Å². The van der Waals surface area contributed by atoms with Crippen LogP contribution in [0.25, 0.3) is 15.8 Å². The zero-order chi connectivity index (χ0) is 22.5. The Labute approximate surface area is 188 Å². The summed E-state index contributed by atoms with van der Waals surface area (Å²) in [5, 5.41) is 22.5. The molecule has 1 atom stereocenters. The van der Waals surface area contributed by atoms with Gasteiger partial charge in [-0.3, -0.25) is 10.2 Å². The highest BCUT2D eigenvalue weighted by molar-refractivity contribution is 7.91. The van der Waals surface area contributed by atoms with Crippen LogP contribution in [0.1, 0.15) is 21.8 Å². The Balaban J connectivity index is 1.31. The van der Waals surface area contributed by atoms with E-state index in [9.17, 15) is 18.3 Å². The van der Waals surface area contributed by atoms with Crippen molar-refractivity contribution in [2.75, 3.05) is 23.0 Å². The number of amidine groups is 1. The molecular weight excluding hydrogens is 448 g/mol. The first-order valence-corrected chi connectivity index (χ1v) is 12.7. The van der Waals surface area contributed by atoms with E-state index >= 15 is 0 Å². The summed E-state index contributed by atoms with van der Waals surface area (Å²) in [5.74, 6) is -0.0255. The fourth-order valence-corrected chi connectivity index (χ4v) is 6.68. The van der Waals surface area contributed by atoms with Crippen molar-refractivity contribution in [1.82, 2.24) is 10.3 Å². The van der Waals surface area contributed by atoms with Crippen LogP contribution in [0.15, 0.2) is 54.3 Å². The van der Waals surface area contributed by atoms with E-state index in [0.29, 0.717) is 28.3 Å². The largest absolute Gasteiger partial charge is 0.510 e. The summed E-state index contributed by atoms with van der Waals surface area (Å²) in [6.07, 6.45) is 0.427. The van der Waals surface area contributed by atoms with Gasteiger partial charge in [-0.1, -0.05) is 12.1 Å². The lowest BCUT2D eigenvalue weighted by atomic mass is 10.1. The number of carbonyl (C=O) groups excluding carboxylic acids is 1. The van der Waals surface area contributed by atoms with E-state index < -0.39 is 9.84 Å². The molecule has 32 heavy (non-hydrogen) atoms. The molecule has 8 nitrogen and oxygen atoms in total. The molecule has 0 spiro atoms. The average Bonchev–Trinajstić information content (AvgIpc) is 3.42. The number of aromatic nitrogens is 1. The number of fused-ring (bicyclic) bond motifs is 1. The van der Waals surface area contributed by atoms with Gasteiger partial charge in [-0.2, -0.15) is 0 Å². The van der Waals surface area contributed by atoms with Crippen molar-refractivity contribution in [3.8, 4) is 0 Å². The summed E-state index contributed by atoms with van der Waals surface area (Å²) in [5.41, 5.74) is 2.31. The van der Waals surface area contributed by atoms with E-state index in [4.69, 9.17) is 5.41 Å². The molecule has 0 radical (unpaired) electrons. The summed E-state index contributed by atoms with van der Waals surface area (Å²) in [4.78, 5) is 18.7. The van der Waals surface area contributed by atoms with Crippen LogP contribution in [0.4, 0.5) is 5.69 Å². The number of rotatable bonds is 4. The van der Waals surface area contributed by atoms with E-state index in [1.54, 1.807) is 29.2 Å². The number of para-hydroxylation sites is 1. The van der Waals surface area contributed by atoms with Gasteiger partial charge in [0.05, 0.1) is 33.8 Å². The molecule has 2 aromatic carbocycles. The maximum atomic E-state index is 12.5. The van der Waals surface area contributed by atoms with E-state index in [1.165, 1.54) is 11.3 Å². The second-order valence-corrected chi connectivity index (χ2v) is 11.1. The number of hydrogen-bond acceptors (Lipinski definition) is 7. The van der Waals surface area contributed by atoms with E-state index in [0.717, 1.165) is 10.2 Å². The minimum absolute atomic E-state index is 0.0265. The highest BCUT2D eigenvalue weighted by Gasteiger charge is 2.32. The molecule has 1 fully saturated rings. The highest BCUT2D eigenvalue weighted by Crippen LogP contribution is 2.35. The third-order valence-electron chi connectivity index (χ3n) is 5.62. The van der Waals surface area contributed by atoms with Crippen LogP contribution in [0.3, 0.4) is 0 Å². The van der Waals surface area contributed by atoms with Gasteiger partial charge in [0.25, 0.3) is 5.91 Å². The van der Waals surface area contributed by atoms with Crippen LogP contribution in [0.5, 0.6) is 0 Å². The highest BCUT2D eigenvalue weighted by atomic mass is 32.2. The molecule has 164 valence electrons. The van der Waals surface area contributed by atoms with Crippen molar-refractivity contribution in [2.45, 2.75) is 12.5 Å². The molecule has 3 N–H and O–H groups in total. The third kappa shape index (κ3) is 3.76. The Kier molecular flexibility index (Phi) is 4.98. The molecular formula is C22H20N4O4S2. The summed E-state index contributed by atoms with van der Waals surface area (Å²) in [7, 11) is -3.07. The molecule has 0 bridgehead atoms. The quantitative estimate of drug-likeness (QED) is 0.541. The predicted octanol–water partition coefficient (Wildman–Crippen LogP) is 2.98. The molecule has 0 saturated carbocycles. The number of benzene rings is 2. The first-order valence-electron chi connectivity index (χ1n) is 10.1. The maximum Gasteiger partial charge on any atom is 0.251 e. The van der Waals surface area contributed by atoms with Gasteiger partial charge in [-0.15, -0.1) is 11.3 Å². The molecule has 1 saturated heterocycles. The molecule has 1 aromatic heterocycles. The van der Waals surface area contributed by atoms with Gasteiger partial charge in [-0.25, -0.2) is 13.4 Å². The standard InChI is InChI=1S/C22H20N4O4S2/c23-20-19(22-25-16-3-1-2-4-18(16)31-22)17(27)11-26(20)15-7-5-13(6-8-15)21(28)24-14-9-10-32(29,30)12-14/h1-8,14,23,27H,9-12H2,(H,24,28). The number of nitrogens with zero attached hydrogens (tertiary/aromatic N) is 2. The normalized spacial score (nSPS) is 20.3. The Morgan fingerprint density at radius 3 is 2.62 bits per heavy atom. The summed E-state index contributed by atoms with van der Waals surface area (Å²) >= 11 is 1.43. The second kappa shape index (κ2) is 7.72. The number of thiazole rings is 1. The van der Waals surface area contributed by atoms with Gasteiger partial charge in [0.15, 0.2) is 9.84 Å². The second-order valence-electron chi connectivity index (χ2n) is 7.86. The lowest BCUT2D eigenvalue weighted by Gasteiger charge is -2.19. The predicted molar refractivity (Wildman–Crippen MR) is 125 cm³/mol. The van der Waals surface area contributed by atoms with Crippen molar-refractivity contribution in [3.05, 3.63) is 64.9 Å². The number of sulfone groups is 1. The SMILES string of the molecule is N=C1C(c2nc3ccccc3s2)=C(O)CN1c1ccc(C(=O)NC2CCS(=O)(=O)C2)cc1. The molecule has 10 heteroatoms. The Bertz CT molecular complexity index is 1340. The van der Waals surface area contributed by atoms with Crippen molar-refractivity contribution in [1.29, 1.82) is 5.41 Å². The summed E-state index contributed by atoms with van der Waals surface area (Å²) in [6.45, 7) is 0.148. The lowest BCUT2D eigenvalue weighted by molar-refractivity contribution is 0.0941. The first kappa shape index (κ1) is 20.7. The van der Waals surface area contributed by atoms with E-state index in [-0.39, 0.29) is 41.6 Å². The van der Waals surface area contributed by atoms with Gasteiger partial charge < -0.3 is 15.3 Å². The maximum absolute atomic E-state index is 12.5. The number of hydrogen-bond donors (Lipinski definition) is 3. The van der Waals surface area contributed by atoms with E-state index in [2.05, 4.69) is 10.3 Å². The monoisotopic (exact) mass is 468 g/mol. The fourth-order valence-electron chi connectivity index (χ4n) is 3.97. The van der Waals surface area contributed by atoms with Crippen molar-refractivity contribution in [3.63, 3.8) is 0 Å². The minimum atomic E-state index is -3.07. The number of carbonyl (C=O) groups is 1. The lowest BCUT2D eigenvalue weighted by Crippen LogP contribution is -2.35. The molecule has 2 aliphatic heterocycles. The van der Waals surface area contributed by atoms with Crippen molar-refractivity contribution in [2.24, 2.45) is 0 Å². The zero-order valence-corrected chi connectivity index (χ0v) is 18.5. The number of aliphatic hydroxyl groups excluding tert-OH is 1. The Hall–Kier alpha value is -3.24. The molecule has 3 aromatic rings. The molecule has 1 unspecified atom stereocenters. The zero-order valence-electron chi connectivity index (χ0n) is 16.9. The van der Waals surface area contributed by atoms with Gasteiger partial charge >= 0.3 is 0 Å². The average molecular weight is 469 g/mol. The number of aliphatic hydroxyl groups is 1. The van der Waals surface area contributed by atoms with Crippen molar-refractivity contribution >= 4 is 54.4 Å². The summed E-state index contributed by atoms with van der Waals surface area (Å²) in [6, 6.07) is 14.0. The fraction of sp³-hybridized carbons (Fsp3) is 0.227. The Morgan fingerprint density at radius 2 is 1.94 bits per heavy atom. The van der Waals surface area contributed by atoms with Crippen molar-refractivity contribution < 1.29 is 18.3 Å². The third-order valence-corrected chi connectivity index (χ3v) is 8.44. The molecule has 2 aliphatic rings. The van der Waals surface area contributed by atoms with Crippen LogP contribution in [0.2, 0.25) is 0 Å². The van der Waals surface area contributed by atoms with Gasteiger partial charge in [0.2, 0.25) is 0 Å². The van der Waals surface area contributed by atoms with Crippen LogP contribution in [-0.2, 0) is 9.84 Å². The molecule has 5 rings (SSSR count). The topological polar surface area (TPSA) is 123 Å². The number of anilines is 1. The molecule has 1 amide bonds. The number of amides is 1. The van der Waals surface area contributed by atoms with Crippen LogP contribution >= 0.6 is 11.3 Å². The first-order chi connectivity index (χ1) is 15.3. The minimum Gasteiger partial charge on any atom is -0.510 e. The Morgan fingerprint density at radius 1 is 1.19 bits per heavy atom. The van der Waals surface area contributed by atoms with E-state index in [1.807, 2.05) is 24.3 Å². The van der Waals surface area contributed by atoms with Gasteiger partial charge in [0.1, 0.15) is 16.6 Å². The van der Waals surface area contributed by atoms with Gasteiger partial charge in [-0.05, 0) is 42.8 Å². The van der Waals surface area contributed by atoms with Crippen LogP contribution in [-0.4, -0.2) is 54.3 Å². The molecule has 0 aliphatic carbocycles.